The van der Waals surface area contributed by atoms with Gasteiger partial charge in [0.25, 0.3) is 0 Å². The quantitative estimate of drug-likeness (QED) is 0.438. The molecule has 2 aromatic heterocycles. The van der Waals surface area contributed by atoms with Crippen molar-refractivity contribution in [2.75, 3.05) is 0 Å². The molecule has 1 unspecified atom stereocenters. The van der Waals surface area contributed by atoms with E-state index >= 15 is 0 Å². The third-order valence-electron chi connectivity index (χ3n) is 6.47. The highest BCUT2D eigenvalue weighted by Crippen LogP contribution is 2.41. The number of nitrogens with zero attached hydrogens (tertiary/aromatic N) is 3. The molecule has 1 N–H and O–H groups in total. The number of hydrogen-bond acceptors (Lipinski definition) is 4. The predicted molar refractivity (Wildman–Crippen MR) is 123 cm³/mol. The number of nitriles is 1. The van der Waals surface area contributed by atoms with E-state index in [2.05, 4.69) is 11.1 Å². The van der Waals surface area contributed by atoms with Gasteiger partial charge in [0.05, 0.1) is 22.5 Å². The molecule has 0 radical (unpaired) electrons. The Kier molecular flexibility index (Phi) is 6.64. The van der Waals surface area contributed by atoms with Gasteiger partial charge < -0.3 is 4.57 Å². The monoisotopic (exact) mass is 508 g/mol. The van der Waals surface area contributed by atoms with Crippen molar-refractivity contribution in [1.82, 2.24) is 14.3 Å². The van der Waals surface area contributed by atoms with Gasteiger partial charge in [-0.3, -0.25) is 4.98 Å². The Morgan fingerprint density at radius 3 is 2.49 bits per heavy atom. The van der Waals surface area contributed by atoms with Crippen LogP contribution in [0, 0.1) is 17.1 Å². The lowest BCUT2D eigenvalue weighted by molar-refractivity contribution is -0.147. The van der Waals surface area contributed by atoms with E-state index in [1.165, 1.54) is 12.1 Å². The van der Waals surface area contributed by atoms with Crippen LogP contribution in [0.2, 0.25) is 0 Å². The van der Waals surface area contributed by atoms with Crippen molar-refractivity contribution in [3.63, 3.8) is 0 Å². The Hall–Kier alpha value is -2.97. The smallest absolute Gasteiger partial charge is 0.335 e. The molecule has 0 spiro atoms. The van der Waals surface area contributed by atoms with E-state index in [1.54, 1.807) is 10.8 Å². The molecule has 4 rings (SSSR count). The van der Waals surface area contributed by atoms with E-state index in [9.17, 15) is 31.2 Å². The average Bonchev–Trinajstić information content (AvgIpc) is 3.43. The summed E-state index contributed by atoms with van der Waals surface area (Å²) in [6.07, 6.45) is 0.442. The zero-order valence-electron chi connectivity index (χ0n) is 19.2. The summed E-state index contributed by atoms with van der Waals surface area (Å²) >= 11 is 0. The fraction of sp³-hybridized carbons (Fsp3) is 0.417. The van der Waals surface area contributed by atoms with E-state index in [-0.39, 0.29) is 17.3 Å². The molecule has 1 atom stereocenters. The van der Waals surface area contributed by atoms with Crippen molar-refractivity contribution < 1.29 is 26.0 Å². The number of pyridine rings is 1. The summed E-state index contributed by atoms with van der Waals surface area (Å²) in [6, 6.07) is 5.55. The van der Waals surface area contributed by atoms with Gasteiger partial charge >= 0.3 is 6.18 Å². The zero-order chi connectivity index (χ0) is 25.5. The van der Waals surface area contributed by atoms with Crippen molar-refractivity contribution in [2.45, 2.75) is 69.1 Å². The van der Waals surface area contributed by atoms with E-state index in [4.69, 9.17) is 0 Å². The predicted octanol–water partition coefficient (Wildman–Crippen LogP) is 5.62. The standard InChI is InChI=1S/C24H24F4N4O2S/c1-3-15-10-22-18(11-20(15)25)19(12-29)23(32(22)16-6-4-5-7-16)21-9-8-17(13-30-21)35(33,34)31-14(2)24(26,27)28/h8-11,13-14,16,31H,3-7H2,1-2H3. The van der Waals surface area contributed by atoms with Crippen molar-refractivity contribution >= 4 is 20.9 Å². The number of sulfonamides is 1. The fourth-order valence-corrected chi connectivity index (χ4v) is 5.77. The first-order valence-electron chi connectivity index (χ1n) is 11.3. The number of hydrogen-bond donors (Lipinski definition) is 1. The first-order valence-corrected chi connectivity index (χ1v) is 12.8. The molecule has 3 aromatic rings. The van der Waals surface area contributed by atoms with E-state index in [0.29, 0.717) is 35.5 Å². The van der Waals surface area contributed by atoms with Gasteiger partial charge in [-0.1, -0.05) is 19.8 Å². The van der Waals surface area contributed by atoms with Crippen LogP contribution in [0.15, 0.2) is 35.4 Å². The number of fused-ring (bicyclic) bond motifs is 1. The molecule has 1 aliphatic rings. The van der Waals surface area contributed by atoms with Gasteiger partial charge in [-0.15, -0.1) is 0 Å². The Balaban J connectivity index is 1.85. The first kappa shape index (κ1) is 25.1. The molecule has 1 saturated carbocycles. The molecule has 11 heteroatoms. The topological polar surface area (TPSA) is 87.8 Å². The maximum Gasteiger partial charge on any atom is 0.404 e. The maximum atomic E-state index is 14.6. The van der Waals surface area contributed by atoms with Gasteiger partial charge in [0.1, 0.15) is 22.8 Å². The molecular formula is C24H24F4N4O2S. The van der Waals surface area contributed by atoms with Crippen LogP contribution in [-0.4, -0.2) is 30.2 Å². The summed E-state index contributed by atoms with van der Waals surface area (Å²) in [7, 11) is -4.48. The zero-order valence-corrected chi connectivity index (χ0v) is 20.0. The average molecular weight is 509 g/mol. The molecule has 0 aliphatic heterocycles. The molecule has 1 aromatic carbocycles. The lowest BCUT2D eigenvalue weighted by Gasteiger charge is -2.19. The van der Waals surface area contributed by atoms with Crippen LogP contribution >= 0.6 is 0 Å². The summed E-state index contributed by atoms with van der Waals surface area (Å²) in [5, 5.41) is 10.4. The molecule has 1 aliphatic carbocycles. The van der Waals surface area contributed by atoms with Gasteiger partial charge in [-0.05, 0) is 56.0 Å². The minimum absolute atomic E-state index is 0.0595. The molecule has 35 heavy (non-hydrogen) atoms. The van der Waals surface area contributed by atoms with Crippen LogP contribution in [0.5, 0.6) is 0 Å². The molecule has 0 amide bonds. The molecule has 0 bridgehead atoms. The van der Waals surface area contributed by atoms with Gasteiger partial charge in [0.2, 0.25) is 10.0 Å². The largest absolute Gasteiger partial charge is 0.404 e. The van der Waals surface area contributed by atoms with Gasteiger partial charge in [-0.2, -0.15) is 23.2 Å². The number of alkyl halides is 3. The van der Waals surface area contributed by atoms with E-state index in [0.717, 1.165) is 37.9 Å². The van der Waals surface area contributed by atoms with Gasteiger partial charge in [0.15, 0.2) is 0 Å². The summed E-state index contributed by atoms with van der Waals surface area (Å²) in [4.78, 5) is 3.79. The molecule has 0 saturated heterocycles. The molecule has 6 nitrogen and oxygen atoms in total. The maximum absolute atomic E-state index is 14.6. The van der Waals surface area contributed by atoms with Crippen molar-refractivity contribution in [3.8, 4) is 17.5 Å². The molecule has 186 valence electrons. The Bertz CT molecular complexity index is 1400. The minimum atomic E-state index is -4.74. The third kappa shape index (κ3) is 4.65. The second-order valence-corrected chi connectivity index (χ2v) is 10.4. The third-order valence-corrected chi connectivity index (χ3v) is 7.99. The van der Waals surface area contributed by atoms with Crippen molar-refractivity contribution in [1.29, 1.82) is 5.26 Å². The van der Waals surface area contributed by atoms with Crippen LogP contribution in [0.1, 0.15) is 56.7 Å². The van der Waals surface area contributed by atoms with E-state index in [1.807, 2.05) is 11.5 Å². The summed E-state index contributed by atoms with van der Waals surface area (Å²) in [6.45, 7) is 2.55. The molecular weight excluding hydrogens is 484 g/mol. The highest BCUT2D eigenvalue weighted by atomic mass is 32.2. The summed E-state index contributed by atoms with van der Waals surface area (Å²) in [5.41, 5.74) is 2.18. The van der Waals surface area contributed by atoms with Gasteiger partial charge in [0, 0.05) is 17.6 Å². The van der Waals surface area contributed by atoms with Crippen LogP contribution in [0.3, 0.4) is 0 Å². The van der Waals surface area contributed by atoms with Gasteiger partial charge in [-0.25, -0.2) is 12.8 Å². The lowest BCUT2D eigenvalue weighted by Crippen LogP contribution is -2.42. The number of aromatic nitrogens is 2. The number of benzene rings is 1. The minimum Gasteiger partial charge on any atom is -0.335 e. The number of halogens is 4. The van der Waals surface area contributed by atoms with Crippen molar-refractivity contribution in [2.24, 2.45) is 0 Å². The molecule has 1 fully saturated rings. The number of rotatable bonds is 6. The normalized spacial score (nSPS) is 16.0. The fourth-order valence-electron chi connectivity index (χ4n) is 4.60. The Labute approximate surface area is 200 Å². The number of aryl methyl sites for hydroxylation is 1. The first-order chi connectivity index (χ1) is 16.5. The summed E-state index contributed by atoms with van der Waals surface area (Å²) in [5.74, 6) is -0.411. The SMILES string of the molecule is CCc1cc2c(cc1F)c(C#N)c(-c1ccc(S(=O)(=O)NC(C)C(F)(F)F)cn1)n2C1CCCC1. The van der Waals surface area contributed by atoms with Crippen LogP contribution in [-0.2, 0) is 16.4 Å². The highest BCUT2D eigenvalue weighted by Gasteiger charge is 2.39. The lowest BCUT2D eigenvalue weighted by atomic mass is 10.1. The summed E-state index contributed by atoms with van der Waals surface area (Å²) < 4.78 is 81.6. The Morgan fingerprint density at radius 1 is 1.26 bits per heavy atom. The molecule has 2 heterocycles. The number of nitrogens with one attached hydrogen (secondary N) is 1. The van der Waals surface area contributed by atoms with Crippen molar-refractivity contribution in [3.05, 3.63) is 47.4 Å². The van der Waals surface area contributed by atoms with Crippen LogP contribution < -0.4 is 4.72 Å². The highest BCUT2D eigenvalue weighted by molar-refractivity contribution is 7.89. The Morgan fingerprint density at radius 2 is 1.94 bits per heavy atom. The second-order valence-electron chi connectivity index (χ2n) is 8.72. The van der Waals surface area contributed by atoms with Crippen LogP contribution in [0.25, 0.3) is 22.3 Å². The second kappa shape index (κ2) is 9.24. The van der Waals surface area contributed by atoms with E-state index < -0.39 is 33.0 Å². The van der Waals surface area contributed by atoms with Crippen LogP contribution in [0.4, 0.5) is 17.6 Å².